The van der Waals surface area contributed by atoms with Crippen molar-refractivity contribution in [2.24, 2.45) is 5.92 Å². The van der Waals surface area contributed by atoms with Crippen LogP contribution in [0.3, 0.4) is 0 Å². The van der Waals surface area contributed by atoms with E-state index in [0.29, 0.717) is 30.4 Å². The van der Waals surface area contributed by atoms with Gasteiger partial charge in [-0.05, 0) is 43.0 Å². The molecule has 7 heteroatoms. The zero-order chi connectivity index (χ0) is 22.8. The normalized spacial score (nSPS) is 11.7. The standard InChI is InChI=1S/C24H31FN2O4/c1-5-13-30-20-12-11-17(15-21(20)31-14-6-2)26-24(29)22(16(3)4)27-23(28)18-9-7-8-10-19(18)25/h7-12,15-16,22H,5-6,13-14H2,1-4H3,(H,26,29)(H,27,28). The predicted octanol–water partition coefficient (Wildman–Crippen LogP) is 4.80. The third-order valence-electron chi connectivity index (χ3n) is 4.49. The van der Waals surface area contributed by atoms with Gasteiger partial charge in [0, 0.05) is 11.8 Å². The molecule has 0 aliphatic rings. The lowest BCUT2D eigenvalue weighted by atomic mass is 10.0. The van der Waals surface area contributed by atoms with Crippen molar-refractivity contribution in [2.75, 3.05) is 18.5 Å². The van der Waals surface area contributed by atoms with Crippen molar-refractivity contribution >= 4 is 17.5 Å². The quantitative estimate of drug-likeness (QED) is 0.537. The molecule has 0 radical (unpaired) electrons. The second-order valence-electron chi connectivity index (χ2n) is 7.52. The Morgan fingerprint density at radius 3 is 2.23 bits per heavy atom. The summed E-state index contributed by atoms with van der Waals surface area (Å²) in [5.74, 6) is -0.723. The van der Waals surface area contributed by atoms with Crippen LogP contribution in [0.5, 0.6) is 11.5 Å². The molecule has 0 heterocycles. The van der Waals surface area contributed by atoms with Gasteiger partial charge in [0.15, 0.2) is 11.5 Å². The maximum atomic E-state index is 13.9. The molecule has 0 aliphatic carbocycles. The van der Waals surface area contributed by atoms with E-state index < -0.39 is 23.7 Å². The van der Waals surface area contributed by atoms with Crippen LogP contribution in [0.1, 0.15) is 50.9 Å². The van der Waals surface area contributed by atoms with Gasteiger partial charge in [0.25, 0.3) is 5.91 Å². The SMILES string of the molecule is CCCOc1ccc(NC(=O)C(NC(=O)c2ccccc2F)C(C)C)cc1OCCC. The first-order valence-electron chi connectivity index (χ1n) is 10.6. The molecule has 2 amide bonds. The summed E-state index contributed by atoms with van der Waals surface area (Å²) in [7, 11) is 0. The average molecular weight is 431 g/mol. The molecule has 0 spiro atoms. The topological polar surface area (TPSA) is 76.7 Å². The minimum absolute atomic E-state index is 0.103. The second kappa shape index (κ2) is 11.9. The van der Waals surface area contributed by atoms with Gasteiger partial charge in [0.05, 0.1) is 18.8 Å². The highest BCUT2D eigenvalue weighted by Crippen LogP contribution is 2.31. The lowest BCUT2D eigenvalue weighted by Crippen LogP contribution is -2.47. The van der Waals surface area contributed by atoms with Crippen LogP contribution in [-0.2, 0) is 4.79 Å². The Hall–Kier alpha value is -3.09. The minimum atomic E-state index is -0.844. The number of amides is 2. The van der Waals surface area contributed by atoms with Gasteiger partial charge in [-0.25, -0.2) is 4.39 Å². The van der Waals surface area contributed by atoms with E-state index in [2.05, 4.69) is 10.6 Å². The fraction of sp³-hybridized carbons (Fsp3) is 0.417. The highest BCUT2D eigenvalue weighted by Gasteiger charge is 2.26. The molecule has 0 bridgehead atoms. The summed E-state index contributed by atoms with van der Waals surface area (Å²) in [6, 6.07) is 9.99. The summed E-state index contributed by atoms with van der Waals surface area (Å²) >= 11 is 0. The lowest BCUT2D eigenvalue weighted by molar-refractivity contribution is -0.118. The molecule has 31 heavy (non-hydrogen) atoms. The van der Waals surface area contributed by atoms with Crippen molar-refractivity contribution in [1.82, 2.24) is 5.32 Å². The number of carbonyl (C=O) groups is 2. The number of halogens is 1. The van der Waals surface area contributed by atoms with Crippen molar-refractivity contribution in [2.45, 2.75) is 46.6 Å². The van der Waals surface area contributed by atoms with Gasteiger partial charge in [0.1, 0.15) is 11.9 Å². The molecule has 1 atom stereocenters. The Kier molecular flexibility index (Phi) is 9.31. The van der Waals surface area contributed by atoms with Crippen LogP contribution >= 0.6 is 0 Å². The molecule has 0 aromatic heterocycles. The van der Waals surface area contributed by atoms with Gasteiger partial charge in [0.2, 0.25) is 5.91 Å². The number of hydrogen-bond donors (Lipinski definition) is 2. The zero-order valence-electron chi connectivity index (χ0n) is 18.5. The van der Waals surface area contributed by atoms with Gasteiger partial charge in [-0.1, -0.05) is 39.8 Å². The number of nitrogens with one attached hydrogen (secondary N) is 2. The number of benzene rings is 2. The van der Waals surface area contributed by atoms with Crippen molar-refractivity contribution in [3.8, 4) is 11.5 Å². The van der Waals surface area contributed by atoms with E-state index in [-0.39, 0.29) is 11.5 Å². The molecular formula is C24H31FN2O4. The molecule has 2 rings (SSSR count). The monoisotopic (exact) mass is 430 g/mol. The number of carbonyl (C=O) groups excluding carboxylic acids is 2. The summed E-state index contributed by atoms with van der Waals surface area (Å²) in [4.78, 5) is 25.4. The van der Waals surface area contributed by atoms with E-state index in [1.54, 1.807) is 24.3 Å². The van der Waals surface area contributed by atoms with E-state index in [9.17, 15) is 14.0 Å². The number of hydrogen-bond acceptors (Lipinski definition) is 4. The van der Waals surface area contributed by atoms with E-state index in [0.717, 1.165) is 12.8 Å². The van der Waals surface area contributed by atoms with Crippen LogP contribution in [0.25, 0.3) is 0 Å². The molecule has 0 fully saturated rings. The Labute approximate surface area is 183 Å². The molecule has 168 valence electrons. The predicted molar refractivity (Wildman–Crippen MR) is 119 cm³/mol. The van der Waals surface area contributed by atoms with Gasteiger partial charge < -0.3 is 20.1 Å². The highest BCUT2D eigenvalue weighted by atomic mass is 19.1. The number of rotatable bonds is 11. The summed E-state index contributed by atoms with van der Waals surface area (Å²) < 4.78 is 25.4. The van der Waals surface area contributed by atoms with E-state index >= 15 is 0 Å². The Balaban J connectivity index is 2.16. The van der Waals surface area contributed by atoms with E-state index in [1.807, 2.05) is 27.7 Å². The molecule has 0 saturated heterocycles. The highest BCUT2D eigenvalue weighted by molar-refractivity contribution is 6.01. The fourth-order valence-corrected chi connectivity index (χ4v) is 2.86. The van der Waals surface area contributed by atoms with Crippen molar-refractivity contribution in [1.29, 1.82) is 0 Å². The first-order chi connectivity index (χ1) is 14.9. The minimum Gasteiger partial charge on any atom is -0.490 e. The van der Waals surface area contributed by atoms with Crippen molar-refractivity contribution in [3.05, 3.63) is 53.8 Å². The summed E-state index contributed by atoms with van der Waals surface area (Å²) in [5, 5.41) is 5.45. The van der Waals surface area contributed by atoms with Crippen LogP contribution in [0.2, 0.25) is 0 Å². The summed E-state index contributed by atoms with van der Waals surface area (Å²) in [6.07, 6.45) is 1.70. The first kappa shape index (κ1) is 24.2. The van der Waals surface area contributed by atoms with Crippen LogP contribution in [-0.4, -0.2) is 31.1 Å². The van der Waals surface area contributed by atoms with Crippen LogP contribution < -0.4 is 20.1 Å². The smallest absolute Gasteiger partial charge is 0.254 e. The van der Waals surface area contributed by atoms with Crippen molar-refractivity contribution in [3.63, 3.8) is 0 Å². The van der Waals surface area contributed by atoms with Gasteiger partial charge in [-0.3, -0.25) is 9.59 Å². The first-order valence-corrected chi connectivity index (χ1v) is 10.6. The zero-order valence-corrected chi connectivity index (χ0v) is 18.5. The van der Waals surface area contributed by atoms with E-state index in [1.165, 1.54) is 18.2 Å². The molecule has 2 N–H and O–H groups in total. The van der Waals surface area contributed by atoms with Gasteiger partial charge >= 0.3 is 0 Å². The molecular weight excluding hydrogens is 399 g/mol. The Bertz CT molecular complexity index is 886. The average Bonchev–Trinajstić information content (AvgIpc) is 2.75. The summed E-state index contributed by atoms with van der Waals surface area (Å²) in [6.45, 7) is 8.72. The third-order valence-corrected chi connectivity index (χ3v) is 4.49. The second-order valence-corrected chi connectivity index (χ2v) is 7.52. The fourth-order valence-electron chi connectivity index (χ4n) is 2.86. The van der Waals surface area contributed by atoms with Gasteiger partial charge in [-0.15, -0.1) is 0 Å². The Morgan fingerprint density at radius 2 is 1.61 bits per heavy atom. The van der Waals surface area contributed by atoms with E-state index in [4.69, 9.17) is 9.47 Å². The Morgan fingerprint density at radius 1 is 0.968 bits per heavy atom. The summed E-state index contributed by atoms with van der Waals surface area (Å²) in [5.41, 5.74) is 0.416. The largest absolute Gasteiger partial charge is 0.490 e. The van der Waals surface area contributed by atoms with Crippen LogP contribution in [0.4, 0.5) is 10.1 Å². The molecule has 2 aromatic carbocycles. The molecule has 0 saturated carbocycles. The number of anilines is 1. The van der Waals surface area contributed by atoms with Crippen LogP contribution in [0.15, 0.2) is 42.5 Å². The van der Waals surface area contributed by atoms with Crippen molar-refractivity contribution < 1.29 is 23.5 Å². The lowest BCUT2D eigenvalue weighted by Gasteiger charge is -2.22. The maximum Gasteiger partial charge on any atom is 0.254 e. The number of ether oxygens (including phenoxy) is 2. The molecule has 2 aromatic rings. The van der Waals surface area contributed by atoms with Gasteiger partial charge in [-0.2, -0.15) is 0 Å². The molecule has 1 unspecified atom stereocenters. The molecule has 6 nitrogen and oxygen atoms in total. The maximum absolute atomic E-state index is 13.9. The molecule has 0 aliphatic heterocycles. The third kappa shape index (κ3) is 6.98. The van der Waals surface area contributed by atoms with Crippen LogP contribution in [0, 0.1) is 11.7 Å².